The van der Waals surface area contributed by atoms with Crippen LogP contribution >= 0.6 is 7.82 Å². The Hall–Kier alpha value is -1.07. The fraction of sp³-hybridized carbons (Fsp3) is 0.824. The molecule has 0 fully saturated rings. The molecular weight excluding hydrogens is 533 g/mol. The third-order valence-corrected chi connectivity index (χ3v) is 9.96. The Balaban J connectivity index is 1.91. The van der Waals surface area contributed by atoms with Gasteiger partial charge in [-0.15, -0.1) is 0 Å². The van der Waals surface area contributed by atoms with E-state index in [-0.39, 0.29) is 12.2 Å². The van der Waals surface area contributed by atoms with Gasteiger partial charge in [-0.3, -0.25) is 4.57 Å². The van der Waals surface area contributed by atoms with Crippen LogP contribution < -0.4 is 14.2 Å². The number of likely N-dealkylation sites (N-methyl/N-ethyl adjacent to an activating group) is 1. The number of hydrogen-bond donors (Lipinski definition) is 0. The van der Waals surface area contributed by atoms with Crippen LogP contribution in [0.25, 0.3) is 0 Å². The summed E-state index contributed by atoms with van der Waals surface area (Å²) in [6.45, 7) is 18.2. The highest BCUT2D eigenvalue weighted by Gasteiger charge is 2.35. The largest absolute Gasteiger partial charge is 0.746 e. The van der Waals surface area contributed by atoms with Crippen molar-refractivity contribution in [2.75, 3.05) is 34.3 Å². The van der Waals surface area contributed by atoms with Crippen LogP contribution in [0.2, 0.25) is 0 Å². The molecule has 1 aliphatic rings. The van der Waals surface area contributed by atoms with Crippen LogP contribution in [-0.2, 0) is 15.5 Å². The molecule has 1 aliphatic heterocycles. The summed E-state index contributed by atoms with van der Waals surface area (Å²) in [5.41, 5.74) is 3.44. The lowest BCUT2D eigenvalue weighted by Crippen LogP contribution is -2.37. The Labute approximate surface area is 252 Å². The molecule has 0 N–H and O–H groups in total. The average Bonchev–Trinajstić information content (AvgIpc) is 2.84. The number of ether oxygens (including phenoxy) is 1. The topological polar surface area (TPSA) is 67.8 Å². The summed E-state index contributed by atoms with van der Waals surface area (Å²) in [4.78, 5) is 12.7. The number of nitrogens with zero attached hydrogens (tertiary/aromatic N) is 1. The first kappa shape index (κ1) is 36.1. The highest BCUT2D eigenvalue weighted by atomic mass is 31.2. The molecule has 0 radical (unpaired) electrons. The van der Waals surface area contributed by atoms with Crippen LogP contribution in [0.5, 0.6) is 11.5 Å². The van der Waals surface area contributed by atoms with E-state index in [0.29, 0.717) is 16.8 Å². The van der Waals surface area contributed by atoms with Gasteiger partial charge in [0.05, 0.1) is 21.1 Å². The number of hydrogen-bond acceptors (Lipinski definition) is 5. The lowest BCUT2D eigenvalue weighted by Gasteiger charge is -2.39. The molecule has 2 rings (SSSR count). The van der Waals surface area contributed by atoms with E-state index >= 15 is 0 Å². The van der Waals surface area contributed by atoms with E-state index in [1.165, 1.54) is 51.4 Å². The van der Waals surface area contributed by atoms with E-state index in [1.54, 1.807) is 0 Å². The van der Waals surface area contributed by atoms with E-state index in [2.05, 4.69) is 34.6 Å². The van der Waals surface area contributed by atoms with Crippen LogP contribution in [0, 0.1) is 38.5 Å². The van der Waals surface area contributed by atoms with Crippen LogP contribution in [-0.4, -0.2) is 44.4 Å². The van der Waals surface area contributed by atoms with Crippen molar-refractivity contribution in [3.8, 4) is 11.5 Å². The number of phosphoric ester groups is 1. The smallest absolute Gasteiger partial charge is 0.319 e. The molecule has 0 saturated carbocycles. The third kappa shape index (κ3) is 12.2. The Morgan fingerprint density at radius 2 is 1.46 bits per heavy atom. The molecule has 0 spiro atoms. The van der Waals surface area contributed by atoms with Crippen molar-refractivity contribution in [2.45, 2.75) is 132 Å². The second-order valence-electron chi connectivity index (χ2n) is 14.8. The van der Waals surface area contributed by atoms with E-state index < -0.39 is 7.82 Å². The molecule has 6 nitrogen and oxygen atoms in total. The SMILES string of the molecule is Cc1c(C)c2c(c(C)c1OP(=O)([O-])OCC[N+](C)(C)C)CC[C@@](C)(CCC[C@H](C)CCC[C@H](C)CCCC(C)C)O2. The van der Waals surface area contributed by atoms with Crippen LogP contribution in [0.4, 0.5) is 0 Å². The summed E-state index contributed by atoms with van der Waals surface area (Å²) >= 11 is 0. The van der Waals surface area contributed by atoms with Crippen LogP contribution in [0.3, 0.4) is 0 Å². The maximum atomic E-state index is 12.7. The molecule has 1 unspecified atom stereocenters. The summed E-state index contributed by atoms with van der Waals surface area (Å²) in [6, 6.07) is 0. The van der Waals surface area contributed by atoms with Gasteiger partial charge < -0.3 is 23.2 Å². The van der Waals surface area contributed by atoms with Gasteiger partial charge in [-0.2, -0.15) is 0 Å². The third-order valence-electron chi connectivity index (χ3n) is 9.05. The average molecular weight is 596 g/mol. The zero-order valence-electron chi connectivity index (χ0n) is 28.4. The van der Waals surface area contributed by atoms with Crippen molar-refractivity contribution in [1.29, 1.82) is 0 Å². The minimum Gasteiger partial charge on any atom is -0.746 e. The predicted octanol–water partition coefficient (Wildman–Crippen LogP) is 8.70. The molecule has 0 amide bonds. The van der Waals surface area contributed by atoms with Crippen molar-refractivity contribution >= 4 is 7.82 Å². The molecule has 1 heterocycles. The molecule has 7 heteroatoms. The van der Waals surface area contributed by atoms with Crippen molar-refractivity contribution in [1.82, 2.24) is 0 Å². The first-order valence-electron chi connectivity index (χ1n) is 16.2. The summed E-state index contributed by atoms with van der Waals surface area (Å²) in [5.74, 6) is 3.71. The maximum absolute atomic E-state index is 12.7. The molecule has 0 aromatic heterocycles. The molecule has 1 aromatic carbocycles. The van der Waals surface area contributed by atoms with E-state index in [4.69, 9.17) is 13.8 Å². The Morgan fingerprint density at radius 3 is 2.02 bits per heavy atom. The van der Waals surface area contributed by atoms with Crippen LogP contribution in [0.15, 0.2) is 0 Å². The van der Waals surface area contributed by atoms with Crippen molar-refractivity contribution in [3.05, 3.63) is 22.3 Å². The van der Waals surface area contributed by atoms with Gasteiger partial charge in [0, 0.05) is 5.56 Å². The van der Waals surface area contributed by atoms with Crippen LogP contribution in [0.1, 0.15) is 121 Å². The highest BCUT2D eigenvalue weighted by Crippen LogP contribution is 2.49. The molecular formula is C34H62NO5P. The predicted molar refractivity (Wildman–Crippen MR) is 170 cm³/mol. The summed E-state index contributed by atoms with van der Waals surface area (Å²) < 4.78 is 30.7. The standard InChI is InChI=1S/C34H62NO5P/c1-25(2)15-12-16-26(3)17-13-18-27(4)19-14-21-34(8)22-20-31-30(7)32(28(5)29(6)33(31)39-34)40-41(36,37)38-24-23-35(9,10)11/h25-27H,12-24H2,1-11H3/t26-,27-,34-/m1/s1. The molecule has 0 bridgehead atoms. The summed E-state index contributed by atoms with van der Waals surface area (Å²) in [5, 5.41) is 0. The molecule has 1 aromatic rings. The normalized spacial score (nSPS) is 20.3. The Bertz CT molecular complexity index is 1020. The second kappa shape index (κ2) is 15.6. The molecule has 238 valence electrons. The van der Waals surface area contributed by atoms with E-state index in [9.17, 15) is 9.46 Å². The molecule has 0 saturated heterocycles. The van der Waals surface area contributed by atoms with Gasteiger partial charge in [0.1, 0.15) is 30.3 Å². The number of phosphoric acid groups is 1. The van der Waals surface area contributed by atoms with Gasteiger partial charge >= 0.3 is 7.82 Å². The second-order valence-corrected chi connectivity index (χ2v) is 16.1. The minimum atomic E-state index is -4.48. The Morgan fingerprint density at radius 1 is 0.902 bits per heavy atom. The molecule has 4 atom stereocenters. The lowest BCUT2D eigenvalue weighted by molar-refractivity contribution is -0.870. The van der Waals surface area contributed by atoms with Crippen molar-refractivity contribution in [2.24, 2.45) is 17.8 Å². The zero-order chi connectivity index (χ0) is 31.0. The van der Waals surface area contributed by atoms with Gasteiger partial charge in [-0.25, -0.2) is 0 Å². The number of rotatable bonds is 18. The maximum Gasteiger partial charge on any atom is 0.319 e. The minimum absolute atomic E-state index is 0.0872. The molecule has 41 heavy (non-hydrogen) atoms. The van der Waals surface area contributed by atoms with E-state index in [0.717, 1.165) is 65.0 Å². The van der Waals surface area contributed by atoms with Gasteiger partial charge in [0.25, 0.3) is 0 Å². The van der Waals surface area contributed by atoms with Gasteiger partial charge in [0.15, 0.2) is 0 Å². The van der Waals surface area contributed by atoms with Crippen molar-refractivity contribution in [3.63, 3.8) is 0 Å². The summed E-state index contributed by atoms with van der Waals surface area (Å²) in [6.07, 6.45) is 13.3. The number of fused-ring (bicyclic) bond motifs is 1. The number of benzene rings is 1. The van der Waals surface area contributed by atoms with Crippen molar-refractivity contribution < 1.29 is 27.7 Å². The Kier molecular flexibility index (Phi) is 13.7. The fourth-order valence-corrected chi connectivity index (χ4v) is 6.82. The quantitative estimate of drug-likeness (QED) is 0.125. The fourth-order valence-electron chi connectivity index (χ4n) is 5.96. The molecule has 0 aliphatic carbocycles. The highest BCUT2D eigenvalue weighted by molar-refractivity contribution is 7.46. The lowest BCUT2D eigenvalue weighted by atomic mass is 9.84. The zero-order valence-corrected chi connectivity index (χ0v) is 29.3. The monoisotopic (exact) mass is 595 g/mol. The van der Waals surface area contributed by atoms with E-state index in [1.807, 2.05) is 41.9 Å². The van der Waals surface area contributed by atoms with Gasteiger partial charge in [0.2, 0.25) is 0 Å². The van der Waals surface area contributed by atoms with Gasteiger partial charge in [-0.1, -0.05) is 72.6 Å². The van der Waals surface area contributed by atoms with Gasteiger partial charge in [-0.05, 0) is 87.8 Å². The first-order valence-corrected chi connectivity index (χ1v) is 17.7. The first-order chi connectivity index (χ1) is 18.9. The summed E-state index contributed by atoms with van der Waals surface area (Å²) in [7, 11) is 1.50. The number of quaternary nitrogens is 1.